The summed E-state index contributed by atoms with van der Waals surface area (Å²) in [6, 6.07) is 0. The first-order chi connectivity index (χ1) is 4.97. The molecule has 0 amide bonds. The molecule has 3 nitrogen and oxygen atoms in total. The monoisotopic (exact) mass is 132 g/mol. The van der Waals surface area contributed by atoms with Gasteiger partial charge in [0.25, 0.3) is 0 Å². The van der Waals surface area contributed by atoms with Crippen molar-refractivity contribution in [2.24, 2.45) is 0 Å². The molecule has 10 heavy (non-hydrogen) atoms. The Labute approximate surface area is 58.7 Å². The predicted octanol–water partition coefficient (Wildman–Crippen LogP) is 0.813. The highest BCUT2D eigenvalue weighted by Crippen LogP contribution is 2.05. The molecule has 0 saturated carbocycles. The van der Waals surface area contributed by atoms with Crippen molar-refractivity contribution in [1.29, 1.82) is 0 Å². The number of hydrogen-bond donors (Lipinski definition) is 0. The first kappa shape index (κ1) is 5.29. The molecule has 0 bridgehead atoms. The molecule has 1 aromatic rings. The van der Waals surface area contributed by atoms with E-state index >= 15 is 0 Å². The Morgan fingerprint density at radius 3 is 3.00 bits per heavy atom. The third-order valence-electron chi connectivity index (χ3n) is 1.31. The second-order valence-corrected chi connectivity index (χ2v) is 1.97. The maximum Gasteiger partial charge on any atom is 0.137 e. The lowest BCUT2D eigenvalue weighted by atomic mass is 10.6. The topological polar surface area (TPSA) is 31.9 Å². The van der Waals surface area contributed by atoms with Gasteiger partial charge in [0.1, 0.15) is 12.1 Å². The van der Waals surface area contributed by atoms with Crippen LogP contribution in [0.3, 0.4) is 0 Å². The zero-order valence-electron chi connectivity index (χ0n) is 5.31. The van der Waals surface area contributed by atoms with E-state index in [0.29, 0.717) is 0 Å². The highest BCUT2D eigenvalue weighted by Gasteiger charge is 1.99. The fourth-order valence-electron chi connectivity index (χ4n) is 0.839. The fourth-order valence-corrected chi connectivity index (χ4v) is 0.839. The zero-order valence-corrected chi connectivity index (χ0v) is 5.31. The van der Waals surface area contributed by atoms with Gasteiger partial charge in [0.15, 0.2) is 0 Å². The smallest absolute Gasteiger partial charge is 0.137 e. The van der Waals surface area contributed by atoms with Crippen LogP contribution >= 0.6 is 0 Å². The van der Waals surface area contributed by atoms with Gasteiger partial charge in [0.2, 0.25) is 0 Å². The Hall–Kier alpha value is -1.51. The van der Waals surface area contributed by atoms with Crippen molar-refractivity contribution in [3.63, 3.8) is 0 Å². The van der Waals surface area contributed by atoms with E-state index in [2.05, 4.69) is 10.3 Å². The number of nitrogens with zero attached hydrogens (tertiary/aromatic N) is 3. The van der Waals surface area contributed by atoms with E-state index in [4.69, 9.17) is 0 Å². The average molecular weight is 132 g/mol. The zero-order chi connectivity index (χ0) is 6.81. The summed E-state index contributed by atoms with van der Waals surface area (Å²) in [4.78, 5) is 3.90. The van der Waals surface area contributed by atoms with Gasteiger partial charge in [-0.2, -0.15) is 0 Å². The summed E-state index contributed by atoms with van der Waals surface area (Å²) < 4.78 is 1.86. The van der Waals surface area contributed by atoms with Crippen molar-refractivity contribution < 1.29 is 0 Å². The van der Waals surface area contributed by atoms with E-state index in [1.165, 1.54) is 0 Å². The second-order valence-electron chi connectivity index (χ2n) is 1.97. The summed E-state index contributed by atoms with van der Waals surface area (Å²) in [7, 11) is 0. The summed E-state index contributed by atoms with van der Waals surface area (Å²) >= 11 is 0. The molecule has 1 aliphatic heterocycles. The van der Waals surface area contributed by atoms with Gasteiger partial charge in [-0.15, -0.1) is 0 Å². The van der Waals surface area contributed by atoms with Gasteiger partial charge in [-0.3, -0.25) is 4.57 Å². The quantitative estimate of drug-likeness (QED) is 0.556. The molecule has 0 fully saturated rings. The molecule has 49 valence electrons. The maximum atomic E-state index is 4.08. The molecule has 0 aromatic carbocycles. The van der Waals surface area contributed by atoms with E-state index in [1.807, 2.05) is 22.9 Å². The minimum absolute atomic E-state index is 0.914. The Balaban J connectivity index is 2.30. The van der Waals surface area contributed by atoms with Crippen molar-refractivity contribution in [3.05, 3.63) is 37.1 Å². The molecule has 0 aliphatic carbocycles. The lowest BCUT2D eigenvalue weighted by molar-refractivity contribution is 0.990. The standard InChI is InChI=1S/C7H6N3/c1-2-7(9-3-1)10-5-4-8-6-10/h1-6H. The van der Waals surface area contributed by atoms with Crippen LogP contribution in [-0.4, -0.2) is 9.55 Å². The van der Waals surface area contributed by atoms with Crippen LogP contribution in [0, 0.1) is 0 Å². The number of rotatable bonds is 1. The Morgan fingerprint density at radius 2 is 2.40 bits per heavy atom. The molecular formula is C7H6N3. The minimum atomic E-state index is 0.914. The van der Waals surface area contributed by atoms with Crippen LogP contribution in [0.1, 0.15) is 0 Å². The Bertz CT molecular complexity index is 269. The van der Waals surface area contributed by atoms with E-state index in [0.717, 1.165) is 5.82 Å². The number of hydrogen-bond acceptors (Lipinski definition) is 1. The highest BCUT2D eigenvalue weighted by molar-refractivity contribution is 5.50. The van der Waals surface area contributed by atoms with Gasteiger partial charge in [-0.25, -0.2) is 10.3 Å². The van der Waals surface area contributed by atoms with E-state index in [9.17, 15) is 0 Å². The first-order valence-corrected chi connectivity index (χ1v) is 3.03. The SMILES string of the molecule is C1=C[N]C(n2ccnc2)=C1. The number of aromatic nitrogens is 2. The van der Waals surface area contributed by atoms with Gasteiger partial charge < -0.3 is 0 Å². The fraction of sp³-hybridized carbons (Fsp3) is 0. The molecule has 0 N–H and O–H groups in total. The van der Waals surface area contributed by atoms with Gasteiger partial charge in [-0.05, 0) is 12.2 Å². The van der Waals surface area contributed by atoms with E-state index < -0.39 is 0 Å². The summed E-state index contributed by atoms with van der Waals surface area (Å²) in [6.07, 6.45) is 10.9. The third kappa shape index (κ3) is 0.719. The Kier molecular flexibility index (Phi) is 1.07. The summed E-state index contributed by atoms with van der Waals surface area (Å²) in [5.74, 6) is 0.914. The molecule has 0 atom stereocenters. The van der Waals surface area contributed by atoms with Crippen LogP contribution in [-0.2, 0) is 0 Å². The molecule has 3 heteroatoms. The predicted molar refractivity (Wildman–Crippen MR) is 37.8 cm³/mol. The summed E-state index contributed by atoms with van der Waals surface area (Å²) in [6.45, 7) is 0. The summed E-state index contributed by atoms with van der Waals surface area (Å²) in [5.41, 5.74) is 0. The van der Waals surface area contributed by atoms with E-state index in [1.54, 1.807) is 18.7 Å². The van der Waals surface area contributed by atoms with Crippen LogP contribution in [0.15, 0.2) is 37.1 Å². The number of allylic oxidation sites excluding steroid dienone is 2. The van der Waals surface area contributed by atoms with Gasteiger partial charge >= 0.3 is 0 Å². The third-order valence-corrected chi connectivity index (χ3v) is 1.31. The van der Waals surface area contributed by atoms with E-state index in [-0.39, 0.29) is 0 Å². The van der Waals surface area contributed by atoms with Crippen LogP contribution in [0.5, 0.6) is 0 Å². The van der Waals surface area contributed by atoms with Gasteiger partial charge in [-0.1, -0.05) is 0 Å². The second kappa shape index (κ2) is 2.02. The molecule has 1 aliphatic rings. The lowest BCUT2D eigenvalue weighted by Crippen LogP contribution is -1.98. The lowest BCUT2D eigenvalue weighted by Gasteiger charge is -1.98. The minimum Gasteiger partial charge on any atom is -0.291 e. The average Bonchev–Trinajstić information content (AvgIpc) is 2.59. The number of imidazole rings is 1. The van der Waals surface area contributed by atoms with Crippen molar-refractivity contribution in [1.82, 2.24) is 14.9 Å². The van der Waals surface area contributed by atoms with Crippen molar-refractivity contribution >= 4 is 5.82 Å². The summed E-state index contributed by atoms with van der Waals surface area (Å²) in [5, 5.41) is 4.08. The molecule has 2 rings (SSSR count). The molecule has 0 unspecified atom stereocenters. The van der Waals surface area contributed by atoms with Crippen LogP contribution in [0.2, 0.25) is 0 Å². The molecular weight excluding hydrogens is 126 g/mol. The van der Waals surface area contributed by atoms with Crippen LogP contribution in [0.25, 0.3) is 5.82 Å². The normalized spacial score (nSPS) is 15.0. The van der Waals surface area contributed by atoms with Crippen molar-refractivity contribution in [2.45, 2.75) is 0 Å². The molecule has 0 spiro atoms. The largest absolute Gasteiger partial charge is 0.291 e. The van der Waals surface area contributed by atoms with Gasteiger partial charge in [0, 0.05) is 18.6 Å². The van der Waals surface area contributed by atoms with Gasteiger partial charge in [0.05, 0.1) is 0 Å². The van der Waals surface area contributed by atoms with Crippen molar-refractivity contribution in [3.8, 4) is 0 Å². The first-order valence-electron chi connectivity index (χ1n) is 3.03. The Morgan fingerprint density at radius 1 is 1.40 bits per heavy atom. The van der Waals surface area contributed by atoms with Crippen LogP contribution in [0.4, 0.5) is 0 Å². The molecule has 1 radical (unpaired) electrons. The van der Waals surface area contributed by atoms with Crippen LogP contribution < -0.4 is 5.32 Å². The molecule has 2 heterocycles. The maximum absolute atomic E-state index is 4.08. The van der Waals surface area contributed by atoms with Crippen molar-refractivity contribution in [2.75, 3.05) is 0 Å². The molecule has 0 saturated heterocycles. The highest BCUT2D eigenvalue weighted by atomic mass is 15.2. The molecule has 1 aromatic heterocycles.